The highest BCUT2D eigenvalue weighted by Crippen LogP contribution is 2.34. The number of nitrogens with zero attached hydrogens (tertiary/aromatic N) is 4. The Morgan fingerprint density at radius 1 is 1.35 bits per heavy atom. The second-order valence-corrected chi connectivity index (χ2v) is 9.68. The van der Waals surface area contributed by atoms with Crippen molar-refractivity contribution >= 4 is 35.3 Å². The molecule has 0 bridgehead atoms. The van der Waals surface area contributed by atoms with Crippen LogP contribution in [0.3, 0.4) is 0 Å². The third-order valence-electron chi connectivity index (χ3n) is 5.00. The lowest BCUT2D eigenvalue weighted by Crippen LogP contribution is -2.29. The number of aliphatic imine (C=N–C) groups is 1. The summed E-state index contributed by atoms with van der Waals surface area (Å²) in [5, 5.41) is 1.31. The minimum absolute atomic E-state index is 0.0216. The summed E-state index contributed by atoms with van der Waals surface area (Å²) in [5.74, 6) is 7.92. The number of carbonyl (C=O) groups excluding carboxylic acids is 1. The molecule has 0 radical (unpaired) electrons. The number of ether oxygens (including phenoxy) is 2. The third-order valence-corrected chi connectivity index (χ3v) is 6.32. The van der Waals surface area contributed by atoms with Gasteiger partial charge >= 0.3 is 0 Å². The molecule has 0 aliphatic carbocycles. The van der Waals surface area contributed by atoms with Crippen molar-refractivity contribution in [2.24, 2.45) is 16.3 Å². The maximum Gasteiger partial charge on any atom is 0.272 e. The molecule has 12 heteroatoms. The van der Waals surface area contributed by atoms with Gasteiger partial charge in [-0.3, -0.25) is 14.2 Å². The van der Waals surface area contributed by atoms with Crippen LogP contribution in [0.5, 0.6) is 17.5 Å². The summed E-state index contributed by atoms with van der Waals surface area (Å²) < 4.78 is 47.6. The fourth-order valence-electron chi connectivity index (χ4n) is 3.08. The van der Waals surface area contributed by atoms with Gasteiger partial charge in [-0.1, -0.05) is 6.92 Å². The molecule has 2 aromatic rings. The van der Waals surface area contributed by atoms with Crippen LogP contribution in [0.1, 0.15) is 25.3 Å². The Morgan fingerprint density at radius 2 is 2.03 bits per heavy atom. The number of halogens is 2. The van der Waals surface area contributed by atoms with Gasteiger partial charge in [-0.05, 0) is 37.5 Å². The molecule has 0 saturated carbocycles. The van der Waals surface area contributed by atoms with E-state index in [0.717, 1.165) is 18.4 Å². The van der Waals surface area contributed by atoms with Gasteiger partial charge in [0.05, 0.1) is 0 Å². The molecular formula is C22H29F2N5O4S. The topological polar surface area (TPSA) is 120 Å². The maximum atomic E-state index is 12.6. The molecule has 2 aromatic heterocycles. The SMILES string of the molecule is C=O.Cc1cnc(Oc2ccc(N=CC3(C)CCS(=O)CC3)c(N(C)N)n2)c(OCC(F)F)c1. The van der Waals surface area contributed by atoms with E-state index in [1.807, 2.05) is 13.0 Å². The Morgan fingerprint density at radius 3 is 2.65 bits per heavy atom. The lowest BCUT2D eigenvalue weighted by molar-refractivity contribution is -0.0980. The molecule has 0 spiro atoms. The van der Waals surface area contributed by atoms with Crippen LogP contribution in [0, 0.1) is 12.3 Å². The summed E-state index contributed by atoms with van der Waals surface area (Å²) in [6.07, 6.45) is 2.38. The van der Waals surface area contributed by atoms with Crippen LogP contribution in [0.4, 0.5) is 20.3 Å². The molecule has 3 rings (SSSR count). The van der Waals surface area contributed by atoms with Gasteiger partial charge in [0, 0.05) is 53.2 Å². The number of anilines is 1. The lowest BCUT2D eigenvalue weighted by Gasteiger charge is -2.29. The van der Waals surface area contributed by atoms with Crippen molar-refractivity contribution in [1.29, 1.82) is 0 Å². The fraction of sp³-hybridized carbons (Fsp3) is 0.455. The number of aryl methyl sites for hydroxylation is 1. The standard InChI is InChI=1S/C21H27F2N5O3S.CH2O/c1-14-10-16(30-12-17(22)23)20(25-11-14)31-18-5-4-15(19(27-18)28(3)24)26-13-21(2)6-8-32(29)9-7-21;1-2/h4-5,10-11,13,17H,6-9,12,24H2,1-3H3;1H2. The number of pyridine rings is 2. The van der Waals surface area contributed by atoms with Crippen LogP contribution in [0.2, 0.25) is 0 Å². The van der Waals surface area contributed by atoms with E-state index in [2.05, 4.69) is 21.9 Å². The Kier molecular flexibility index (Phi) is 9.99. The van der Waals surface area contributed by atoms with Gasteiger partial charge in [0.2, 0.25) is 5.88 Å². The number of hydrogen-bond donors (Lipinski definition) is 1. The molecular weight excluding hydrogens is 468 g/mol. The Labute approximate surface area is 199 Å². The van der Waals surface area contributed by atoms with E-state index in [0.29, 0.717) is 23.0 Å². The van der Waals surface area contributed by atoms with Crippen LogP contribution in [-0.2, 0) is 15.6 Å². The first-order valence-electron chi connectivity index (χ1n) is 10.4. The minimum atomic E-state index is -2.62. The molecule has 0 atom stereocenters. The zero-order valence-corrected chi connectivity index (χ0v) is 20.2. The molecule has 0 amide bonds. The first kappa shape index (κ1) is 27.3. The Balaban J connectivity index is 0.00000199. The van der Waals surface area contributed by atoms with Gasteiger partial charge < -0.3 is 14.3 Å². The van der Waals surface area contributed by atoms with Crippen molar-refractivity contribution in [3.05, 3.63) is 30.0 Å². The van der Waals surface area contributed by atoms with Gasteiger partial charge in [-0.25, -0.2) is 19.6 Å². The second kappa shape index (κ2) is 12.5. The number of hydrazine groups is 1. The van der Waals surface area contributed by atoms with Crippen LogP contribution >= 0.6 is 0 Å². The largest absolute Gasteiger partial charge is 0.482 e. The number of aromatic nitrogens is 2. The molecule has 9 nitrogen and oxygen atoms in total. The van der Waals surface area contributed by atoms with E-state index in [1.165, 1.54) is 11.2 Å². The predicted molar refractivity (Wildman–Crippen MR) is 128 cm³/mol. The zero-order valence-electron chi connectivity index (χ0n) is 19.4. The zero-order chi connectivity index (χ0) is 25.3. The van der Waals surface area contributed by atoms with Gasteiger partial charge in [-0.15, -0.1) is 0 Å². The monoisotopic (exact) mass is 497 g/mol. The summed E-state index contributed by atoms with van der Waals surface area (Å²) in [7, 11) is 0.869. The number of nitrogens with two attached hydrogens (primary N) is 1. The normalized spacial score (nSPS) is 20.0. The fourth-order valence-corrected chi connectivity index (χ4v) is 4.67. The number of rotatable bonds is 8. The van der Waals surface area contributed by atoms with Crippen molar-refractivity contribution < 1.29 is 27.3 Å². The average Bonchev–Trinajstić information content (AvgIpc) is 2.81. The van der Waals surface area contributed by atoms with E-state index in [-0.39, 0.29) is 22.9 Å². The summed E-state index contributed by atoms with van der Waals surface area (Å²) in [6.45, 7) is 5.09. The van der Waals surface area contributed by atoms with Crippen LogP contribution in [0.25, 0.3) is 0 Å². The van der Waals surface area contributed by atoms with Crippen molar-refractivity contribution in [1.82, 2.24) is 9.97 Å². The lowest BCUT2D eigenvalue weighted by atomic mass is 9.86. The van der Waals surface area contributed by atoms with Crippen LogP contribution in [-0.4, -0.2) is 58.8 Å². The molecule has 1 fully saturated rings. The van der Waals surface area contributed by atoms with E-state index in [4.69, 9.17) is 20.1 Å². The van der Waals surface area contributed by atoms with E-state index in [9.17, 15) is 13.0 Å². The van der Waals surface area contributed by atoms with Gasteiger partial charge in [-0.2, -0.15) is 4.98 Å². The molecule has 3 heterocycles. The molecule has 0 aromatic carbocycles. The minimum Gasteiger partial charge on any atom is -0.482 e. The molecule has 34 heavy (non-hydrogen) atoms. The highest BCUT2D eigenvalue weighted by atomic mass is 32.2. The summed E-state index contributed by atoms with van der Waals surface area (Å²) in [5.41, 5.74) is 1.14. The Bertz CT molecular complexity index is 1010. The summed E-state index contributed by atoms with van der Waals surface area (Å²) in [4.78, 5) is 21.1. The predicted octanol–water partition coefficient (Wildman–Crippen LogP) is 3.60. The van der Waals surface area contributed by atoms with Crippen LogP contribution in [0.15, 0.2) is 29.4 Å². The van der Waals surface area contributed by atoms with Gasteiger partial charge in [0.15, 0.2) is 11.6 Å². The first-order valence-corrected chi connectivity index (χ1v) is 11.9. The number of alkyl halides is 2. The summed E-state index contributed by atoms with van der Waals surface area (Å²) >= 11 is 0. The first-order chi connectivity index (χ1) is 16.1. The highest BCUT2D eigenvalue weighted by molar-refractivity contribution is 7.85. The number of hydrogen-bond acceptors (Lipinski definition) is 9. The molecule has 1 aliphatic heterocycles. The number of carbonyl (C=O) groups is 1. The molecule has 186 valence electrons. The highest BCUT2D eigenvalue weighted by Gasteiger charge is 2.28. The molecule has 1 saturated heterocycles. The molecule has 1 aliphatic rings. The molecule has 0 unspecified atom stereocenters. The van der Waals surface area contributed by atoms with Crippen LogP contribution < -0.4 is 20.3 Å². The third kappa shape index (κ3) is 7.80. The smallest absolute Gasteiger partial charge is 0.272 e. The maximum absolute atomic E-state index is 12.6. The quantitative estimate of drug-likeness (QED) is 0.334. The van der Waals surface area contributed by atoms with E-state index >= 15 is 0 Å². The van der Waals surface area contributed by atoms with E-state index < -0.39 is 23.8 Å². The van der Waals surface area contributed by atoms with Gasteiger partial charge in [0.25, 0.3) is 12.3 Å². The summed E-state index contributed by atoms with van der Waals surface area (Å²) in [6, 6.07) is 4.86. The molecule has 2 N–H and O–H groups in total. The van der Waals surface area contributed by atoms with Crippen molar-refractivity contribution in [2.75, 3.05) is 30.2 Å². The average molecular weight is 498 g/mol. The van der Waals surface area contributed by atoms with Gasteiger partial charge in [0.1, 0.15) is 19.1 Å². The Hall–Kier alpha value is -2.99. The van der Waals surface area contributed by atoms with Crippen molar-refractivity contribution in [2.45, 2.75) is 33.1 Å². The second-order valence-electron chi connectivity index (χ2n) is 7.98. The van der Waals surface area contributed by atoms with Crippen molar-refractivity contribution in [3.63, 3.8) is 0 Å². The van der Waals surface area contributed by atoms with Crippen molar-refractivity contribution in [3.8, 4) is 17.5 Å². The van der Waals surface area contributed by atoms with E-state index in [1.54, 1.807) is 32.2 Å².